The summed E-state index contributed by atoms with van der Waals surface area (Å²) >= 11 is 6.03. The van der Waals surface area contributed by atoms with Gasteiger partial charge in [0.05, 0.1) is 23.0 Å². The van der Waals surface area contributed by atoms with Crippen LogP contribution in [0.5, 0.6) is 0 Å². The molecule has 1 unspecified atom stereocenters. The topological polar surface area (TPSA) is 72.9 Å². The summed E-state index contributed by atoms with van der Waals surface area (Å²) in [6.45, 7) is 5.78. The van der Waals surface area contributed by atoms with Gasteiger partial charge in [-0.2, -0.15) is 5.10 Å². The van der Waals surface area contributed by atoms with Crippen LogP contribution in [0.1, 0.15) is 18.3 Å². The number of amides is 1. The number of likely N-dealkylation sites (N-methyl/N-ethyl adjacent to an activating group) is 1. The molecule has 0 bridgehead atoms. The molecular weight excluding hydrogens is 228 g/mol. The van der Waals surface area contributed by atoms with Crippen LogP contribution in [-0.2, 0) is 11.3 Å². The van der Waals surface area contributed by atoms with Gasteiger partial charge in [-0.3, -0.25) is 9.48 Å². The molecule has 0 aliphatic carbocycles. The molecule has 0 aromatic carbocycles. The Hall–Kier alpha value is -1.07. The number of nitrogens with one attached hydrogen (secondary N) is 1. The third-order valence-corrected chi connectivity index (χ3v) is 3.40. The second kappa shape index (κ2) is 4.43. The van der Waals surface area contributed by atoms with Gasteiger partial charge in [-0.1, -0.05) is 11.6 Å². The van der Waals surface area contributed by atoms with Crippen molar-refractivity contribution in [2.75, 3.05) is 7.05 Å². The maximum Gasteiger partial charge on any atom is 0.239 e. The number of carbonyl (C=O) groups is 1. The highest BCUT2D eigenvalue weighted by molar-refractivity contribution is 6.31. The molecule has 0 aliphatic rings. The molecule has 1 aromatic heterocycles. The summed E-state index contributed by atoms with van der Waals surface area (Å²) in [7, 11) is 1.69. The first kappa shape index (κ1) is 13.0. The number of aryl methyl sites for hydroxylation is 1. The van der Waals surface area contributed by atoms with Crippen molar-refractivity contribution in [3.05, 3.63) is 16.4 Å². The SMILES string of the molecule is CNC(C)(Cn1nc(C)c(Cl)c1C)C(N)=O. The lowest BCUT2D eigenvalue weighted by atomic mass is 10.0. The number of hydrogen-bond acceptors (Lipinski definition) is 3. The summed E-state index contributed by atoms with van der Waals surface area (Å²) in [6, 6.07) is 0. The van der Waals surface area contributed by atoms with Crippen LogP contribution < -0.4 is 11.1 Å². The molecule has 0 saturated heterocycles. The fourth-order valence-corrected chi connectivity index (χ4v) is 1.54. The molecule has 90 valence electrons. The van der Waals surface area contributed by atoms with E-state index in [1.807, 2.05) is 13.8 Å². The summed E-state index contributed by atoms with van der Waals surface area (Å²) in [5.41, 5.74) is 6.11. The molecule has 1 atom stereocenters. The fraction of sp³-hybridized carbons (Fsp3) is 0.600. The maximum atomic E-state index is 11.3. The standard InChI is InChI=1S/C10H17ClN4O/c1-6-8(11)7(2)15(14-6)5-10(3,13-4)9(12)16/h13H,5H2,1-4H3,(H2,12,16). The monoisotopic (exact) mass is 244 g/mol. The van der Waals surface area contributed by atoms with Crippen molar-refractivity contribution in [2.24, 2.45) is 5.73 Å². The molecule has 0 fully saturated rings. The van der Waals surface area contributed by atoms with Crippen molar-refractivity contribution in [1.29, 1.82) is 0 Å². The number of halogens is 1. The fourth-order valence-electron chi connectivity index (χ4n) is 1.41. The molecule has 6 heteroatoms. The molecule has 1 rings (SSSR count). The van der Waals surface area contributed by atoms with Crippen LogP contribution in [0.15, 0.2) is 0 Å². The van der Waals surface area contributed by atoms with Crippen molar-refractivity contribution >= 4 is 17.5 Å². The van der Waals surface area contributed by atoms with E-state index in [9.17, 15) is 4.79 Å². The van der Waals surface area contributed by atoms with Crippen LogP contribution in [0.4, 0.5) is 0 Å². The van der Waals surface area contributed by atoms with Crippen molar-refractivity contribution in [3.63, 3.8) is 0 Å². The third-order valence-electron chi connectivity index (χ3n) is 2.85. The van der Waals surface area contributed by atoms with Gasteiger partial charge in [0.15, 0.2) is 0 Å². The van der Waals surface area contributed by atoms with Crippen LogP contribution in [0, 0.1) is 13.8 Å². The van der Waals surface area contributed by atoms with E-state index in [4.69, 9.17) is 17.3 Å². The third kappa shape index (κ3) is 2.20. The molecule has 1 amide bonds. The maximum absolute atomic E-state index is 11.3. The number of rotatable bonds is 4. The van der Waals surface area contributed by atoms with E-state index in [0.717, 1.165) is 11.4 Å². The Morgan fingerprint density at radius 3 is 2.50 bits per heavy atom. The zero-order valence-electron chi connectivity index (χ0n) is 9.97. The van der Waals surface area contributed by atoms with Gasteiger partial charge in [0.1, 0.15) is 5.54 Å². The number of carbonyl (C=O) groups excluding carboxylic acids is 1. The normalized spacial score (nSPS) is 14.8. The molecule has 0 saturated carbocycles. The number of primary amides is 1. The van der Waals surface area contributed by atoms with Crippen LogP contribution in [0.2, 0.25) is 5.02 Å². The molecule has 0 radical (unpaired) electrons. The number of nitrogens with two attached hydrogens (primary N) is 1. The number of aromatic nitrogens is 2. The van der Waals surface area contributed by atoms with Gasteiger partial charge in [0.25, 0.3) is 0 Å². The Kier molecular flexibility index (Phi) is 3.60. The van der Waals surface area contributed by atoms with E-state index in [1.165, 1.54) is 0 Å². The van der Waals surface area contributed by atoms with E-state index >= 15 is 0 Å². The van der Waals surface area contributed by atoms with Crippen molar-refractivity contribution < 1.29 is 4.79 Å². The quantitative estimate of drug-likeness (QED) is 0.816. The molecule has 1 heterocycles. The zero-order valence-corrected chi connectivity index (χ0v) is 10.7. The van der Waals surface area contributed by atoms with Gasteiger partial charge in [-0.15, -0.1) is 0 Å². The summed E-state index contributed by atoms with van der Waals surface area (Å²) in [5.74, 6) is -0.418. The molecule has 0 aliphatic heterocycles. The largest absolute Gasteiger partial charge is 0.368 e. The van der Waals surface area contributed by atoms with E-state index in [-0.39, 0.29) is 0 Å². The van der Waals surface area contributed by atoms with E-state index in [0.29, 0.717) is 11.6 Å². The second-order valence-electron chi connectivity index (χ2n) is 4.09. The Morgan fingerprint density at radius 2 is 2.19 bits per heavy atom. The average molecular weight is 245 g/mol. The first-order chi connectivity index (χ1) is 7.31. The predicted molar refractivity (Wildman–Crippen MR) is 63.4 cm³/mol. The molecule has 1 aromatic rings. The Morgan fingerprint density at radius 1 is 1.62 bits per heavy atom. The lowest BCUT2D eigenvalue weighted by Gasteiger charge is -2.25. The summed E-state index contributed by atoms with van der Waals surface area (Å²) < 4.78 is 1.69. The smallest absolute Gasteiger partial charge is 0.239 e. The van der Waals surface area contributed by atoms with Crippen LogP contribution >= 0.6 is 11.6 Å². The predicted octanol–water partition coefficient (Wildman–Crippen LogP) is 0.617. The van der Waals surface area contributed by atoms with Crippen LogP contribution in [0.25, 0.3) is 0 Å². The van der Waals surface area contributed by atoms with E-state index in [1.54, 1.807) is 18.7 Å². The number of nitrogens with zero attached hydrogens (tertiary/aromatic N) is 2. The lowest BCUT2D eigenvalue weighted by Crippen LogP contribution is -2.54. The highest BCUT2D eigenvalue weighted by atomic mass is 35.5. The molecule has 16 heavy (non-hydrogen) atoms. The van der Waals surface area contributed by atoms with Gasteiger partial charge in [-0.05, 0) is 27.8 Å². The van der Waals surface area contributed by atoms with Gasteiger partial charge in [0.2, 0.25) is 5.91 Å². The van der Waals surface area contributed by atoms with Gasteiger partial charge in [0, 0.05) is 0 Å². The molecule has 5 nitrogen and oxygen atoms in total. The Labute approximate surface area is 99.9 Å². The summed E-state index contributed by atoms with van der Waals surface area (Å²) in [6.07, 6.45) is 0. The van der Waals surface area contributed by atoms with Crippen LogP contribution in [0.3, 0.4) is 0 Å². The van der Waals surface area contributed by atoms with E-state index < -0.39 is 11.4 Å². The first-order valence-corrected chi connectivity index (χ1v) is 5.38. The van der Waals surface area contributed by atoms with E-state index in [2.05, 4.69) is 10.4 Å². The van der Waals surface area contributed by atoms with Gasteiger partial charge >= 0.3 is 0 Å². The highest BCUT2D eigenvalue weighted by Gasteiger charge is 2.30. The Bertz CT molecular complexity index is 415. The molecule has 0 spiro atoms. The zero-order chi connectivity index (χ0) is 12.5. The van der Waals surface area contributed by atoms with Crippen molar-refractivity contribution in [2.45, 2.75) is 32.9 Å². The second-order valence-corrected chi connectivity index (χ2v) is 4.47. The van der Waals surface area contributed by atoms with Crippen LogP contribution in [-0.4, -0.2) is 28.3 Å². The molecular formula is C10H17ClN4O. The highest BCUT2D eigenvalue weighted by Crippen LogP contribution is 2.20. The van der Waals surface area contributed by atoms with Gasteiger partial charge in [-0.25, -0.2) is 0 Å². The summed E-state index contributed by atoms with van der Waals surface area (Å²) in [4.78, 5) is 11.3. The minimum absolute atomic E-state index is 0.359. The van der Waals surface area contributed by atoms with Crippen molar-refractivity contribution in [1.82, 2.24) is 15.1 Å². The average Bonchev–Trinajstić information content (AvgIpc) is 2.46. The van der Waals surface area contributed by atoms with Crippen molar-refractivity contribution in [3.8, 4) is 0 Å². The minimum Gasteiger partial charge on any atom is -0.368 e. The first-order valence-electron chi connectivity index (χ1n) is 5.00. The van der Waals surface area contributed by atoms with Gasteiger partial charge < -0.3 is 11.1 Å². The summed E-state index contributed by atoms with van der Waals surface area (Å²) in [5, 5.41) is 7.79. The lowest BCUT2D eigenvalue weighted by molar-refractivity contribution is -0.124. The Balaban J connectivity index is 3.04. The minimum atomic E-state index is -0.827. The molecule has 3 N–H and O–H groups in total. The number of hydrogen-bond donors (Lipinski definition) is 2.